The molecule has 0 spiro atoms. The summed E-state index contributed by atoms with van der Waals surface area (Å²) in [5.74, 6) is 0.747. The molecule has 0 saturated carbocycles. The summed E-state index contributed by atoms with van der Waals surface area (Å²) in [6.45, 7) is 5.76. The number of likely N-dealkylation sites (tertiary alicyclic amines) is 1. The second-order valence-corrected chi connectivity index (χ2v) is 7.96. The Bertz CT molecular complexity index is 342. The van der Waals surface area contributed by atoms with Crippen molar-refractivity contribution in [1.82, 2.24) is 10.2 Å². The monoisotopic (exact) mass is 274 g/mol. The number of sulfone groups is 1. The molecule has 2 fully saturated rings. The number of nitrogens with zero attached hydrogens (tertiary/aromatic N) is 1. The van der Waals surface area contributed by atoms with Gasteiger partial charge in [-0.25, -0.2) is 8.42 Å². The standard InChI is InChI=1S/C13H26N2O2S/c1-2-15-8-3-4-12(5-9-15)14-13-6-10-18(16,17)11-7-13/h12-14H,2-11H2,1H3. The molecule has 2 aliphatic heterocycles. The van der Waals surface area contributed by atoms with E-state index in [9.17, 15) is 8.42 Å². The Morgan fingerprint density at radius 3 is 2.39 bits per heavy atom. The lowest BCUT2D eigenvalue weighted by Gasteiger charge is -2.28. The molecule has 2 aliphatic rings. The summed E-state index contributed by atoms with van der Waals surface area (Å²) in [6.07, 6.45) is 5.31. The van der Waals surface area contributed by atoms with Crippen LogP contribution in [0.2, 0.25) is 0 Å². The molecule has 18 heavy (non-hydrogen) atoms. The molecule has 0 aromatic heterocycles. The molecule has 1 unspecified atom stereocenters. The van der Waals surface area contributed by atoms with Crippen molar-refractivity contribution in [2.24, 2.45) is 0 Å². The minimum atomic E-state index is -2.72. The van der Waals surface area contributed by atoms with Crippen LogP contribution in [0.25, 0.3) is 0 Å². The lowest BCUT2D eigenvalue weighted by atomic mass is 10.1. The third-order valence-electron chi connectivity index (χ3n) is 4.29. The van der Waals surface area contributed by atoms with Crippen molar-refractivity contribution in [1.29, 1.82) is 0 Å². The minimum absolute atomic E-state index is 0.373. The molecule has 0 bridgehead atoms. The van der Waals surface area contributed by atoms with Gasteiger partial charge in [0, 0.05) is 12.1 Å². The molecule has 0 aliphatic carbocycles. The largest absolute Gasteiger partial charge is 0.311 e. The molecule has 1 atom stereocenters. The molecule has 106 valence electrons. The maximum Gasteiger partial charge on any atom is 0.150 e. The fourth-order valence-corrected chi connectivity index (χ4v) is 4.52. The van der Waals surface area contributed by atoms with Gasteiger partial charge in [0.2, 0.25) is 0 Å². The highest BCUT2D eigenvalue weighted by Gasteiger charge is 2.26. The predicted octanol–water partition coefficient (Wildman–Crippen LogP) is 1.03. The third kappa shape index (κ3) is 4.21. The van der Waals surface area contributed by atoms with Gasteiger partial charge >= 0.3 is 0 Å². The summed E-state index contributed by atoms with van der Waals surface area (Å²) in [5.41, 5.74) is 0. The van der Waals surface area contributed by atoms with Crippen molar-refractivity contribution in [3.05, 3.63) is 0 Å². The van der Waals surface area contributed by atoms with E-state index in [4.69, 9.17) is 0 Å². The van der Waals surface area contributed by atoms with Gasteiger partial charge in [0.05, 0.1) is 11.5 Å². The molecule has 5 heteroatoms. The van der Waals surface area contributed by atoms with Crippen LogP contribution in [0.4, 0.5) is 0 Å². The first-order valence-electron chi connectivity index (χ1n) is 7.28. The second-order valence-electron chi connectivity index (χ2n) is 5.65. The van der Waals surface area contributed by atoms with Crippen molar-refractivity contribution in [2.45, 2.75) is 51.1 Å². The second kappa shape index (κ2) is 6.35. The zero-order chi connectivity index (χ0) is 13.0. The average molecular weight is 274 g/mol. The topological polar surface area (TPSA) is 49.4 Å². The lowest BCUT2D eigenvalue weighted by Crippen LogP contribution is -2.43. The zero-order valence-electron chi connectivity index (χ0n) is 11.4. The van der Waals surface area contributed by atoms with E-state index in [1.165, 1.54) is 32.4 Å². The van der Waals surface area contributed by atoms with E-state index >= 15 is 0 Å². The third-order valence-corrected chi connectivity index (χ3v) is 6.01. The molecule has 0 aromatic carbocycles. The Balaban J connectivity index is 1.76. The Morgan fingerprint density at radius 1 is 1.06 bits per heavy atom. The Morgan fingerprint density at radius 2 is 1.72 bits per heavy atom. The quantitative estimate of drug-likeness (QED) is 0.835. The molecule has 2 saturated heterocycles. The van der Waals surface area contributed by atoms with Gasteiger partial charge in [0.1, 0.15) is 9.84 Å². The van der Waals surface area contributed by atoms with Crippen LogP contribution in [-0.2, 0) is 9.84 Å². The van der Waals surface area contributed by atoms with Gasteiger partial charge in [-0.05, 0) is 51.7 Å². The van der Waals surface area contributed by atoms with Crippen LogP contribution >= 0.6 is 0 Å². The van der Waals surface area contributed by atoms with Crippen LogP contribution in [0.5, 0.6) is 0 Å². The first kappa shape index (κ1) is 14.3. The van der Waals surface area contributed by atoms with Crippen LogP contribution in [0, 0.1) is 0 Å². The molecule has 1 N–H and O–H groups in total. The van der Waals surface area contributed by atoms with Crippen molar-refractivity contribution in [3.8, 4) is 0 Å². The number of hydrogen-bond donors (Lipinski definition) is 1. The van der Waals surface area contributed by atoms with Crippen LogP contribution in [0.3, 0.4) is 0 Å². The first-order valence-corrected chi connectivity index (χ1v) is 9.10. The van der Waals surface area contributed by atoms with Gasteiger partial charge < -0.3 is 10.2 Å². The fraction of sp³-hybridized carbons (Fsp3) is 1.00. The highest BCUT2D eigenvalue weighted by atomic mass is 32.2. The molecule has 2 heterocycles. The molecule has 0 amide bonds. The summed E-state index contributed by atoms with van der Waals surface area (Å²) in [5, 5.41) is 3.69. The van der Waals surface area contributed by atoms with Crippen LogP contribution in [0.15, 0.2) is 0 Å². The highest BCUT2D eigenvalue weighted by Crippen LogP contribution is 2.16. The molecule has 0 aromatic rings. The van der Waals surface area contributed by atoms with Gasteiger partial charge in [0.25, 0.3) is 0 Å². The summed E-state index contributed by atoms with van der Waals surface area (Å²) in [4.78, 5) is 2.51. The summed E-state index contributed by atoms with van der Waals surface area (Å²) in [7, 11) is -2.72. The van der Waals surface area contributed by atoms with Gasteiger partial charge in [-0.15, -0.1) is 0 Å². The summed E-state index contributed by atoms with van der Waals surface area (Å²) >= 11 is 0. The summed E-state index contributed by atoms with van der Waals surface area (Å²) < 4.78 is 22.8. The molecular formula is C13H26N2O2S. The van der Waals surface area contributed by atoms with Gasteiger partial charge in [-0.3, -0.25) is 0 Å². The van der Waals surface area contributed by atoms with Gasteiger partial charge in [-0.2, -0.15) is 0 Å². The van der Waals surface area contributed by atoms with Crippen LogP contribution in [0.1, 0.15) is 39.0 Å². The SMILES string of the molecule is CCN1CCCC(NC2CCS(=O)(=O)CC2)CC1. The van der Waals surface area contributed by atoms with E-state index < -0.39 is 9.84 Å². The van der Waals surface area contributed by atoms with Crippen molar-refractivity contribution < 1.29 is 8.42 Å². The van der Waals surface area contributed by atoms with E-state index in [0.29, 0.717) is 23.6 Å². The van der Waals surface area contributed by atoms with Gasteiger partial charge in [0.15, 0.2) is 0 Å². The Hall–Kier alpha value is -0.130. The number of nitrogens with one attached hydrogen (secondary N) is 1. The zero-order valence-corrected chi connectivity index (χ0v) is 12.2. The van der Waals surface area contributed by atoms with Crippen LogP contribution < -0.4 is 5.32 Å². The Kier molecular flexibility index (Phi) is 5.04. The first-order chi connectivity index (χ1) is 8.59. The van der Waals surface area contributed by atoms with Crippen molar-refractivity contribution >= 4 is 9.84 Å². The summed E-state index contributed by atoms with van der Waals surface area (Å²) in [6, 6.07) is 1.01. The van der Waals surface area contributed by atoms with E-state index in [2.05, 4.69) is 17.1 Å². The smallest absolute Gasteiger partial charge is 0.150 e. The predicted molar refractivity (Wildman–Crippen MR) is 74.6 cm³/mol. The molecule has 4 nitrogen and oxygen atoms in total. The lowest BCUT2D eigenvalue weighted by molar-refractivity contribution is 0.294. The maximum absolute atomic E-state index is 11.4. The van der Waals surface area contributed by atoms with E-state index in [1.807, 2.05) is 0 Å². The fourth-order valence-electron chi connectivity index (χ4n) is 3.03. The number of rotatable bonds is 3. The van der Waals surface area contributed by atoms with E-state index in [-0.39, 0.29) is 0 Å². The van der Waals surface area contributed by atoms with Crippen molar-refractivity contribution in [3.63, 3.8) is 0 Å². The van der Waals surface area contributed by atoms with E-state index in [0.717, 1.165) is 19.4 Å². The van der Waals surface area contributed by atoms with Gasteiger partial charge in [-0.1, -0.05) is 6.92 Å². The minimum Gasteiger partial charge on any atom is -0.311 e. The van der Waals surface area contributed by atoms with Crippen LogP contribution in [-0.4, -0.2) is 56.5 Å². The highest BCUT2D eigenvalue weighted by molar-refractivity contribution is 7.91. The Labute approximate surface area is 111 Å². The van der Waals surface area contributed by atoms with E-state index in [1.54, 1.807) is 0 Å². The molecule has 2 rings (SSSR count). The average Bonchev–Trinajstić information content (AvgIpc) is 2.57. The molecule has 0 radical (unpaired) electrons. The normalized spacial score (nSPS) is 31.1. The maximum atomic E-state index is 11.4. The molecular weight excluding hydrogens is 248 g/mol. The van der Waals surface area contributed by atoms with Crippen molar-refractivity contribution in [2.75, 3.05) is 31.1 Å². The number of hydrogen-bond acceptors (Lipinski definition) is 4.